The maximum atomic E-state index is 13.1. The summed E-state index contributed by atoms with van der Waals surface area (Å²) in [6.45, 7) is 7.31. The highest BCUT2D eigenvalue weighted by Gasteiger charge is 2.30. The highest BCUT2D eigenvalue weighted by atomic mass is 31.2. The molecule has 0 saturated heterocycles. The standard InChI is InChI=1S/C78H152O17P2/c1-6-9-12-15-18-21-24-27-29-30-31-34-37-43-48-53-58-63-77(82)94-73(67-89-76(81)62-57-52-47-42-36-33-28-25-22-19-16-13-10-7-2)69-92-96(84,85)90-65-72(79)66-91-97(86,87)93-70-74(95-78(83)64-59-54-49-44-39-38-40-45-50-55-60-71(4)5)68-88-75(80)61-56-51-46-41-35-32-26-23-20-17-14-11-8-3/h71-74,79H,6-70H2,1-5H3,(H,84,85)(H,86,87)/t72-,73-,74-/m1/s1. The van der Waals surface area contributed by atoms with Gasteiger partial charge in [0.15, 0.2) is 12.2 Å². The van der Waals surface area contributed by atoms with Gasteiger partial charge in [-0.3, -0.25) is 37.3 Å². The Labute approximate surface area is 594 Å². The average Bonchev–Trinajstić information content (AvgIpc) is 1.36. The molecule has 17 nitrogen and oxygen atoms in total. The Balaban J connectivity index is 5.26. The van der Waals surface area contributed by atoms with Gasteiger partial charge in [-0.1, -0.05) is 362 Å². The molecule has 0 saturated carbocycles. The number of carbonyl (C=O) groups excluding carboxylic acids is 4. The second-order valence-electron chi connectivity index (χ2n) is 28.6. The Morgan fingerprint density at radius 3 is 0.701 bits per heavy atom. The normalized spacial score (nSPS) is 13.9. The molecule has 0 fully saturated rings. The Kier molecular flexibility index (Phi) is 69.6. The summed E-state index contributed by atoms with van der Waals surface area (Å²) in [7, 11) is -9.91. The largest absolute Gasteiger partial charge is 0.472 e. The van der Waals surface area contributed by atoms with E-state index in [1.54, 1.807) is 0 Å². The molecular weight excluding hydrogens is 1270 g/mol. The number of unbranched alkanes of at least 4 members (excludes halogenated alkanes) is 50. The van der Waals surface area contributed by atoms with Crippen LogP contribution in [0.4, 0.5) is 0 Å². The van der Waals surface area contributed by atoms with E-state index >= 15 is 0 Å². The van der Waals surface area contributed by atoms with Crippen molar-refractivity contribution in [2.75, 3.05) is 39.6 Å². The molecule has 0 aromatic rings. The van der Waals surface area contributed by atoms with Crippen LogP contribution in [0, 0.1) is 5.92 Å². The predicted molar refractivity (Wildman–Crippen MR) is 395 cm³/mol. The van der Waals surface area contributed by atoms with Crippen molar-refractivity contribution in [3.8, 4) is 0 Å². The molecular formula is C78H152O17P2. The molecule has 0 aliphatic rings. The fourth-order valence-electron chi connectivity index (χ4n) is 12.1. The Bertz CT molecular complexity index is 1860. The van der Waals surface area contributed by atoms with Crippen LogP contribution < -0.4 is 0 Å². The molecule has 0 amide bonds. The number of phosphoric acid groups is 2. The van der Waals surface area contributed by atoms with E-state index in [2.05, 4.69) is 34.6 Å². The van der Waals surface area contributed by atoms with Gasteiger partial charge in [-0.05, 0) is 31.6 Å². The van der Waals surface area contributed by atoms with E-state index in [0.717, 1.165) is 95.8 Å². The molecule has 0 spiro atoms. The number of carbonyl (C=O) groups is 4. The lowest BCUT2D eigenvalue weighted by molar-refractivity contribution is -0.161. The zero-order chi connectivity index (χ0) is 71.2. The fourth-order valence-corrected chi connectivity index (χ4v) is 13.6. The van der Waals surface area contributed by atoms with Gasteiger partial charge in [-0.15, -0.1) is 0 Å². The van der Waals surface area contributed by atoms with Crippen LogP contribution in [0.25, 0.3) is 0 Å². The second-order valence-corrected chi connectivity index (χ2v) is 31.5. The quantitative estimate of drug-likeness (QED) is 0.0222. The Morgan fingerprint density at radius 1 is 0.278 bits per heavy atom. The zero-order valence-electron chi connectivity index (χ0n) is 63.2. The zero-order valence-corrected chi connectivity index (χ0v) is 65.0. The minimum atomic E-state index is -4.96. The van der Waals surface area contributed by atoms with Crippen molar-refractivity contribution in [1.29, 1.82) is 0 Å². The minimum Gasteiger partial charge on any atom is -0.462 e. The maximum Gasteiger partial charge on any atom is 0.472 e. The summed E-state index contributed by atoms with van der Waals surface area (Å²) in [5.41, 5.74) is 0. The third-order valence-corrected chi connectivity index (χ3v) is 20.2. The molecule has 0 rings (SSSR count). The van der Waals surface area contributed by atoms with E-state index in [1.807, 2.05) is 0 Å². The van der Waals surface area contributed by atoms with Crippen LogP contribution in [0.2, 0.25) is 0 Å². The molecule has 3 N–H and O–H groups in total. The smallest absolute Gasteiger partial charge is 0.462 e. The molecule has 0 heterocycles. The number of phosphoric ester groups is 2. The third-order valence-electron chi connectivity index (χ3n) is 18.3. The molecule has 0 aromatic carbocycles. The number of rotatable bonds is 78. The maximum absolute atomic E-state index is 13.1. The van der Waals surface area contributed by atoms with Crippen LogP contribution in [0.1, 0.15) is 413 Å². The minimum absolute atomic E-state index is 0.107. The third kappa shape index (κ3) is 72.2. The summed E-state index contributed by atoms with van der Waals surface area (Å²) in [5, 5.41) is 10.6. The van der Waals surface area contributed by atoms with E-state index in [-0.39, 0.29) is 25.7 Å². The molecule has 97 heavy (non-hydrogen) atoms. The second kappa shape index (κ2) is 71.1. The summed E-state index contributed by atoms with van der Waals surface area (Å²) in [5.74, 6) is -1.36. The summed E-state index contributed by atoms with van der Waals surface area (Å²) in [6, 6.07) is 0. The predicted octanol–water partition coefficient (Wildman–Crippen LogP) is 23.3. The molecule has 576 valence electrons. The van der Waals surface area contributed by atoms with Crippen LogP contribution in [0.3, 0.4) is 0 Å². The van der Waals surface area contributed by atoms with Gasteiger partial charge in [0.05, 0.1) is 26.4 Å². The van der Waals surface area contributed by atoms with Gasteiger partial charge in [0, 0.05) is 25.7 Å². The van der Waals surface area contributed by atoms with Crippen molar-refractivity contribution in [3.63, 3.8) is 0 Å². The highest BCUT2D eigenvalue weighted by Crippen LogP contribution is 2.45. The lowest BCUT2D eigenvalue weighted by Gasteiger charge is -2.21. The van der Waals surface area contributed by atoms with Crippen molar-refractivity contribution < 1.29 is 80.2 Å². The van der Waals surface area contributed by atoms with Crippen molar-refractivity contribution in [2.24, 2.45) is 5.92 Å². The van der Waals surface area contributed by atoms with Crippen molar-refractivity contribution in [3.05, 3.63) is 0 Å². The first kappa shape index (κ1) is 95.1. The lowest BCUT2D eigenvalue weighted by Crippen LogP contribution is -2.30. The van der Waals surface area contributed by atoms with Crippen LogP contribution in [0.15, 0.2) is 0 Å². The van der Waals surface area contributed by atoms with Crippen LogP contribution in [0.5, 0.6) is 0 Å². The number of ether oxygens (including phenoxy) is 4. The number of hydrogen-bond acceptors (Lipinski definition) is 15. The van der Waals surface area contributed by atoms with E-state index in [4.69, 9.17) is 37.0 Å². The molecule has 0 aromatic heterocycles. The van der Waals surface area contributed by atoms with Gasteiger partial charge in [-0.25, -0.2) is 9.13 Å². The monoisotopic (exact) mass is 1420 g/mol. The Morgan fingerprint density at radius 2 is 0.474 bits per heavy atom. The molecule has 0 radical (unpaired) electrons. The topological polar surface area (TPSA) is 237 Å². The van der Waals surface area contributed by atoms with E-state index in [9.17, 15) is 43.2 Å². The molecule has 19 heteroatoms. The SMILES string of the molecule is CCCCCCCCCCCCCCCCCCCC(=O)O[C@H](COC(=O)CCCCCCCCCCCCCCCC)COP(=O)(O)OC[C@@H](O)COP(=O)(O)OC[C@@H](COC(=O)CCCCCCCCCCCCCCC)OC(=O)CCCCCCCCCCCCC(C)C. The molecule has 0 aliphatic heterocycles. The summed E-state index contributed by atoms with van der Waals surface area (Å²) in [6.07, 6.45) is 60.8. The van der Waals surface area contributed by atoms with Gasteiger partial charge < -0.3 is 33.8 Å². The molecule has 2 unspecified atom stereocenters. The first-order chi connectivity index (χ1) is 47.0. The van der Waals surface area contributed by atoms with Crippen LogP contribution in [-0.2, 0) is 65.4 Å². The van der Waals surface area contributed by atoms with Crippen molar-refractivity contribution in [1.82, 2.24) is 0 Å². The van der Waals surface area contributed by atoms with Crippen molar-refractivity contribution >= 4 is 39.5 Å². The van der Waals surface area contributed by atoms with Gasteiger partial charge in [0.25, 0.3) is 0 Å². The first-order valence-corrected chi connectivity index (χ1v) is 43.6. The van der Waals surface area contributed by atoms with Gasteiger partial charge >= 0.3 is 39.5 Å². The van der Waals surface area contributed by atoms with Gasteiger partial charge in [-0.2, -0.15) is 0 Å². The lowest BCUT2D eigenvalue weighted by atomic mass is 10.0. The number of aliphatic hydroxyl groups excluding tert-OH is 1. The average molecular weight is 1420 g/mol. The number of esters is 4. The summed E-state index contributed by atoms with van der Waals surface area (Å²) in [4.78, 5) is 72.9. The van der Waals surface area contributed by atoms with E-state index < -0.39 is 97.5 Å². The van der Waals surface area contributed by atoms with Gasteiger partial charge in [0.1, 0.15) is 19.3 Å². The Hall–Kier alpha value is -1.94. The highest BCUT2D eigenvalue weighted by molar-refractivity contribution is 7.47. The summed E-state index contributed by atoms with van der Waals surface area (Å²) < 4.78 is 68.6. The van der Waals surface area contributed by atoms with E-state index in [0.29, 0.717) is 25.7 Å². The summed E-state index contributed by atoms with van der Waals surface area (Å²) >= 11 is 0. The molecule has 5 atom stereocenters. The fraction of sp³-hybridized carbons (Fsp3) is 0.949. The number of aliphatic hydroxyl groups is 1. The van der Waals surface area contributed by atoms with Crippen molar-refractivity contribution in [2.45, 2.75) is 432 Å². The van der Waals surface area contributed by atoms with Crippen LogP contribution in [-0.4, -0.2) is 96.7 Å². The van der Waals surface area contributed by atoms with Crippen LogP contribution >= 0.6 is 15.6 Å². The molecule has 0 bridgehead atoms. The first-order valence-electron chi connectivity index (χ1n) is 40.6. The van der Waals surface area contributed by atoms with E-state index in [1.165, 1.54) is 238 Å². The van der Waals surface area contributed by atoms with Gasteiger partial charge in [0.2, 0.25) is 0 Å². The molecule has 0 aliphatic carbocycles. The number of hydrogen-bond donors (Lipinski definition) is 3.